The number of hydrogen-bond donors (Lipinski definition) is 1. The van der Waals surface area contributed by atoms with Crippen LogP contribution in [0.4, 0.5) is 0 Å². The molecule has 0 amide bonds. The predicted molar refractivity (Wildman–Crippen MR) is 81.0 cm³/mol. The summed E-state index contributed by atoms with van der Waals surface area (Å²) < 4.78 is 0. The van der Waals surface area contributed by atoms with Crippen molar-refractivity contribution >= 4 is 0 Å². The van der Waals surface area contributed by atoms with Crippen LogP contribution in [0.2, 0.25) is 0 Å². The molecule has 1 aliphatic carbocycles. The van der Waals surface area contributed by atoms with Gasteiger partial charge in [-0.05, 0) is 51.7 Å². The van der Waals surface area contributed by atoms with Crippen molar-refractivity contribution < 1.29 is 0 Å². The minimum Gasteiger partial charge on any atom is -0.312 e. The van der Waals surface area contributed by atoms with E-state index >= 15 is 0 Å². The minimum atomic E-state index is 0.404. The predicted octanol–water partition coefficient (Wildman–Crippen LogP) is 3.67. The van der Waals surface area contributed by atoms with Crippen LogP contribution in [-0.2, 0) is 0 Å². The average Bonchev–Trinajstić information content (AvgIpc) is 2.73. The topological polar surface area (TPSA) is 15.3 Å². The van der Waals surface area contributed by atoms with Gasteiger partial charge >= 0.3 is 0 Å². The van der Waals surface area contributed by atoms with Gasteiger partial charge < -0.3 is 10.2 Å². The quantitative estimate of drug-likeness (QED) is 0.778. The third-order valence-electron chi connectivity index (χ3n) is 4.64. The zero-order chi connectivity index (χ0) is 13.8. The number of rotatable bonds is 6. The largest absolute Gasteiger partial charge is 0.312 e. The summed E-state index contributed by atoms with van der Waals surface area (Å²) in [7, 11) is 4.54. The first-order valence-electron chi connectivity index (χ1n) is 7.72. The molecule has 1 rings (SSSR count). The van der Waals surface area contributed by atoms with Crippen molar-refractivity contribution in [1.82, 2.24) is 10.2 Å². The van der Waals surface area contributed by atoms with E-state index in [2.05, 4.69) is 52.0 Å². The molecule has 0 aromatic rings. The normalized spacial score (nSPS) is 21.5. The van der Waals surface area contributed by atoms with Crippen molar-refractivity contribution in [2.24, 2.45) is 5.41 Å². The molecule has 1 atom stereocenters. The third-order valence-corrected chi connectivity index (χ3v) is 4.64. The van der Waals surface area contributed by atoms with Gasteiger partial charge in [0.15, 0.2) is 0 Å². The summed E-state index contributed by atoms with van der Waals surface area (Å²) in [5.74, 6) is 0. The molecule has 1 aliphatic rings. The van der Waals surface area contributed by atoms with E-state index in [0.717, 1.165) is 6.54 Å². The highest BCUT2D eigenvalue weighted by molar-refractivity contribution is 5.02. The van der Waals surface area contributed by atoms with Gasteiger partial charge in [-0.25, -0.2) is 0 Å². The molecule has 0 aromatic heterocycles. The van der Waals surface area contributed by atoms with E-state index in [9.17, 15) is 0 Å². The smallest absolute Gasteiger partial charge is 0.0356 e. The van der Waals surface area contributed by atoms with Gasteiger partial charge in [0.25, 0.3) is 0 Å². The summed E-state index contributed by atoms with van der Waals surface area (Å²) in [4.78, 5) is 2.50. The average molecular weight is 254 g/mol. The molecule has 0 radical (unpaired) electrons. The maximum absolute atomic E-state index is 3.78. The Morgan fingerprint density at radius 2 is 1.72 bits per heavy atom. The zero-order valence-electron chi connectivity index (χ0n) is 13.5. The fourth-order valence-electron chi connectivity index (χ4n) is 3.48. The second-order valence-corrected chi connectivity index (χ2v) is 7.41. The first-order chi connectivity index (χ1) is 8.32. The second-order valence-electron chi connectivity index (χ2n) is 7.41. The maximum atomic E-state index is 3.78. The van der Waals surface area contributed by atoms with Gasteiger partial charge in [0, 0.05) is 11.6 Å². The third kappa shape index (κ3) is 3.96. The van der Waals surface area contributed by atoms with Crippen LogP contribution in [0.25, 0.3) is 0 Å². The van der Waals surface area contributed by atoms with E-state index in [1.165, 1.54) is 38.5 Å². The molecule has 2 nitrogen and oxygen atoms in total. The molecule has 1 saturated carbocycles. The van der Waals surface area contributed by atoms with Crippen molar-refractivity contribution in [2.75, 3.05) is 20.6 Å². The molecule has 108 valence electrons. The summed E-state index contributed by atoms with van der Waals surface area (Å²) >= 11 is 0. The Kier molecular flexibility index (Phi) is 5.67. The number of hydrogen-bond acceptors (Lipinski definition) is 2. The fourth-order valence-corrected chi connectivity index (χ4v) is 3.48. The highest BCUT2D eigenvalue weighted by Gasteiger charge is 2.42. The van der Waals surface area contributed by atoms with E-state index in [4.69, 9.17) is 0 Å². The molecule has 0 bridgehead atoms. The highest BCUT2D eigenvalue weighted by Crippen LogP contribution is 2.39. The lowest BCUT2D eigenvalue weighted by atomic mass is 9.80. The van der Waals surface area contributed by atoms with Crippen LogP contribution in [0.15, 0.2) is 0 Å². The molecular weight excluding hydrogens is 220 g/mol. The van der Waals surface area contributed by atoms with Crippen molar-refractivity contribution in [3.8, 4) is 0 Å². The molecule has 1 fully saturated rings. The molecule has 0 spiro atoms. The van der Waals surface area contributed by atoms with Gasteiger partial charge in [-0.2, -0.15) is 0 Å². The van der Waals surface area contributed by atoms with Crippen LogP contribution in [0.1, 0.15) is 66.2 Å². The van der Waals surface area contributed by atoms with E-state index in [1.807, 2.05) is 0 Å². The van der Waals surface area contributed by atoms with Crippen molar-refractivity contribution in [2.45, 2.75) is 77.8 Å². The van der Waals surface area contributed by atoms with Crippen LogP contribution in [0.5, 0.6) is 0 Å². The Labute approximate surface area is 115 Å². The lowest BCUT2D eigenvalue weighted by Crippen LogP contribution is -2.57. The highest BCUT2D eigenvalue weighted by atomic mass is 15.2. The Morgan fingerprint density at radius 1 is 1.17 bits per heavy atom. The fraction of sp³-hybridized carbons (Fsp3) is 1.00. The lowest BCUT2D eigenvalue weighted by Gasteiger charge is -2.44. The molecule has 0 aliphatic heterocycles. The van der Waals surface area contributed by atoms with Gasteiger partial charge in [-0.3, -0.25) is 0 Å². The van der Waals surface area contributed by atoms with E-state index in [1.54, 1.807) is 0 Å². The summed E-state index contributed by atoms with van der Waals surface area (Å²) in [6.07, 6.45) is 8.13. The number of nitrogens with zero attached hydrogens (tertiary/aromatic N) is 1. The van der Waals surface area contributed by atoms with E-state index in [-0.39, 0.29) is 0 Å². The number of likely N-dealkylation sites (N-methyl/N-ethyl adjacent to an activating group) is 2. The van der Waals surface area contributed by atoms with Gasteiger partial charge in [0.05, 0.1) is 0 Å². The Morgan fingerprint density at radius 3 is 2.11 bits per heavy atom. The van der Waals surface area contributed by atoms with Crippen LogP contribution < -0.4 is 5.32 Å². The molecular formula is C16H34N2. The first-order valence-corrected chi connectivity index (χ1v) is 7.72. The van der Waals surface area contributed by atoms with Gasteiger partial charge in [0.1, 0.15) is 0 Å². The molecule has 0 saturated heterocycles. The van der Waals surface area contributed by atoms with Crippen LogP contribution in [-0.4, -0.2) is 37.1 Å². The molecule has 18 heavy (non-hydrogen) atoms. The molecule has 1 unspecified atom stereocenters. The lowest BCUT2D eigenvalue weighted by molar-refractivity contribution is 0.0940. The Hall–Kier alpha value is -0.0800. The monoisotopic (exact) mass is 254 g/mol. The van der Waals surface area contributed by atoms with Crippen LogP contribution >= 0.6 is 0 Å². The summed E-state index contributed by atoms with van der Waals surface area (Å²) in [6, 6.07) is 0.652. The van der Waals surface area contributed by atoms with Gasteiger partial charge in [-0.1, -0.05) is 40.5 Å². The summed E-state index contributed by atoms with van der Waals surface area (Å²) in [6.45, 7) is 10.4. The molecule has 2 heteroatoms. The Balaban J connectivity index is 2.74. The Bertz CT molecular complexity index is 234. The SMILES string of the molecule is CCNC(CCC(C)(C)C)C1(N(C)C)CCCC1. The van der Waals surface area contributed by atoms with Crippen LogP contribution in [0.3, 0.4) is 0 Å². The molecule has 0 aromatic carbocycles. The van der Waals surface area contributed by atoms with Gasteiger partial charge in [-0.15, -0.1) is 0 Å². The summed E-state index contributed by atoms with van der Waals surface area (Å²) in [5, 5.41) is 3.78. The first kappa shape index (κ1) is 16.0. The van der Waals surface area contributed by atoms with Crippen molar-refractivity contribution in [3.05, 3.63) is 0 Å². The van der Waals surface area contributed by atoms with Crippen molar-refractivity contribution in [1.29, 1.82) is 0 Å². The summed E-state index contributed by atoms with van der Waals surface area (Å²) in [5.41, 5.74) is 0.848. The molecule has 1 N–H and O–H groups in total. The maximum Gasteiger partial charge on any atom is 0.0356 e. The van der Waals surface area contributed by atoms with E-state index < -0.39 is 0 Å². The van der Waals surface area contributed by atoms with Gasteiger partial charge in [0.2, 0.25) is 0 Å². The standard InChI is InChI=1S/C16H34N2/c1-7-17-14(10-13-15(2,3)4)16(18(5)6)11-8-9-12-16/h14,17H,7-13H2,1-6H3. The number of nitrogens with one attached hydrogen (secondary N) is 1. The molecule has 0 heterocycles. The second kappa shape index (κ2) is 6.38. The zero-order valence-corrected chi connectivity index (χ0v) is 13.5. The van der Waals surface area contributed by atoms with E-state index in [0.29, 0.717) is 17.0 Å². The van der Waals surface area contributed by atoms with Crippen LogP contribution in [0, 0.1) is 5.41 Å². The van der Waals surface area contributed by atoms with Crippen molar-refractivity contribution in [3.63, 3.8) is 0 Å². The minimum absolute atomic E-state index is 0.404.